The Morgan fingerprint density at radius 1 is 1.50 bits per heavy atom. The molecule has 3 nitrogen and oxygen atoms in total. The van der Waals surface area contributed by atoms with Gasteiger partial charge in [0.25, 0.3) is 0 Å². The van der Waals surface area contributed by atoms with Crippen LogP contribution in [-0.4, -0.2) is 11.4 Å². The van der Waals surface area contributed by atoms with Gasteiger partial charge in [0, 0.05) is 10.2 Å². The average molecular weight is 304 g/mol. The SMILES string of the molecule is NC1(C(=O)Nc2ccc(Cl)c(Br)c2)CCC1. The fraction of sp³-hybridized carbons (Fsp3) is 0.364. The zero-order valence-corrected chi connectivity index (χ0v) is 10.9. The van der Waals surface area contributed by atoms with E-state index in [-0.39, 0.29) is 5.91 Å². The van der Waals surface area contributed by atoms with E-state index >= 15 is 0 Å². The molecule has 1 amide bonds. The Bertz CT molecular complexity index is 432. The lowest BCUT2D eigenvalue weighted by Crippen LogP contribution is -2.56. The summed E-state index contributed by atoms with van der Waals surface area (Å²) in [7, 11) is 0. The van der Waals surface area contributed by atoms with E-state index in [1.54, 1.807) is 18.2 Å². The van der Waals surface area contributed by atoms with Crippen molar-refractivity contribution < 1.29 is 4.79 Å². The van der Waals surface area contributed by atoms with Crippen LogP contribution in [0.25, 0.3) is 0 Å². The average Bonchev–Trinajstić information content (AvgIpc) is 2.20. The standard InChI is InChI=1S/C11H12BrClN2O/c12-8-6-7(2-3-9(8)13)15-10(16)11(14)4-1-5-11/h2-3,6H,1,4-5,14H2,(H,15,16). The third kappa shape index (κ3) is 2.24. The van der Waals surface area contributed by atoms with Gasteiger partial charge in [-0.25, -0.2) is 0 Å². The third-order valence-electron chi connectivity index (χ3n) is 2.88. The van der Waals surface area contributed by atoms with Crippen LogP contribution < -0.4 is 11.1 Å². The van der Waals surface area contributed by atoms with Crippen molar-refractivity contribution in [2.24, 2.45) is 5.73 Å². The van der Waals surface area contributed by atoms with E-state index in [2.05, 4.69) is 21.2 Å². The highest BCUT2D eigenvalue weighted by Crippen LogP contribution is 2.31. The zero-order chi connectivity index (χ0) is 11.8. The Kier molecular flexibility index (Phi) is 3.24. The van der Waals surface area contributed by atoms with Gasteiger partial charge < -0.3 is 11.1 Å². The molecule has 0 aromatic heterocycles. The third-order valence-corrected chi connectivity index (χ3v) is 4.09. The lowest BCUT2D eigenvalue weighted by atomic mass is 9.77. The van der Waals surface area contributed by atoms with Crippen LogP contribution in [0.15, 0.2) is 22.7 Å². The number of nitrogens with two attached hydrogens (primary N) is 1. The Hall–Kier alpha value is -0.580. The summed E-state index contributed by atoms with van der Waals surface area (Å²) in [6.45, 7) is 0. The molecule has 0 saturated heterocycles. The van der Waals surface area contributed by atoms with Crippen molar-refractivity contribution in [2.75, 3.05) is 5.32 Å². The Morgan fingerprint density at radius 3 is 2.69 bits per heavy atom. The van der Waals surface area contributed by atoms with E-state index < -0.39 is 5.54 Å². The quantitative estimate of drug-likeness (QED) is 0.882. The molecule has 16 heavy (non-hydrogen) atoms. The van der Waals surface area contributed by atoms with E-state index in [1.165, 1.54) is 0 Å². The van der Waals surface area contributed by atoms with E-state index in [0.29, 0.717) is 10.7 Å². The van der Waals surface area contributed by atoms with Gasteiger partial charge in [0.05, 0.1) is 10.6 Å². The molecular weight excluding hydrogens is 291 g/mol. The number of hydrogen-bond donors (Lipinski definition) is 2. The monoisotopic (exact) mass is 302 g/mol. The highest BCUT2D eigenvalue weighted by atomic mass is 79.9. The van der Waals surface area contributed by atoms with Gasteiger partial charge in [-0.3, -0.25) is 4.79 Å². The molecule has 1 saturated carbocycles. The van der Waals surface area contributed by atoms with Gasteiger partial charge >= 0.3 is 0 Å². The molecular formula is C11H12BrClN2O. The minimum absolute atomic E-state index is 0.118. The maximum Gasteiger partial charge on any atom is 0.244 e. The Balaban J connectivity index is 2.09. The van der Waals surface area contributed by atoms with Crippen LogP contribution in [0.4, 0.5) is 5.69 Å². The molecule has 5 heteroatoms. The number of carbonyl (C=O) groups excluding carboxylic acids is 1. The molecule has 0 aliphatic heterocycles. The molecule has 1 aliphatic carbocycles. The van der Waals surface area contributed by atoms with Crippen molar-refractivity contribution in [3.05, 3.63) is 27.7 Å². The fourth-order valence-corrected chi connectivity index (χ4v) is 2.11. The van der Waals surface area contributed by atoms with Crippen LogP contribution in [-0.2, 0) is 4.79 Å². The number of halogens is 2. The molecule has 0 atom stereocenters. The number of rotatable bonds is 2. The predicted octanol–water partition coefficient (Wildman–Crippen LogP) is 2.92. The zero-order valence-electron chi connectivity index (χ0n) is 8.59. The van der Waals surface area contributed by atoms with Crippen molar-refractivity contribution in [3.63, 3.8) is 0 Å². The van der Waals surface area contributed by atoms with Gasteiger partial charge in [-0.15, -0.1) is 0 Å². The first-order valence-electron chi connectivity index (χ1n) is 5.07. The van der Waals surface area contributed by atoms with Crippen molar-refractivity contribution in [1.82, 2.24) is 0 Å². The summed E-state index contributed by atoms with van der Waals surface area (Å²) in [4.78, 5) is 11.8. The van der Waals surface area contributed by atoms with Gasteiger partial charge in [0.2, 0.25) is 5.91 Å². The van der Waals surface area contributed by atoms with Gasteiger partial charge in [-0.2, -0.15) is 0 Å². The lowest BCUT2D eigenvalue weighted by molar-refractivity contribution is -0.123. The van der Waals surface area contributed by atoms with E-state index in [9.17, 15) is 4.79 Å². The number of hydrogen-bond acceptors (Lipinski definition) is 2. The molecule has 3 N–H and O–H groups in total. The summed E-state index contributed by atoms with van der Waals surface area (Å²) in [6, 6.07) is 5.25. The normalized spacial score (nSPS) is 17.7. The first kappa shape index (κ1) is 11.9. The smallest absolute Gasteiger partial charge is 0.244 e. The summed E-state index contributed by atoms with van der Waals surface area (Å²) in [5, 5.41) is 3.41. The van der Waals surface area contributed by atoms with Crippen LogP contribution in [0.5, 0.6) is 0 Å². The molecule has 1 fully saturated rings. The predicted molar refractivity (Wildman–Crippen MR) is 68.6 cm³/mol. The summed E-state index contributed by atoms with van der Waals surface area (Å²) in [6.07, 6.45) is 2.54. The van der Waals surface area contributed by atoms with Crippen molar-refractivity contribution in [1.29, 1.82) is 0 Å². The maximum absolute atomic E-state index is 11.8. The van der Waals surface area contributed by atoms with E-state index in [4.69, 9.17) is 17.3 Å². The van der Waals surface area contributed by atoms with Gasteiger partial charge in [0.1, 0.15) is 0 Å². The van der Waals surface area contributed by atoms with E-state index in [0.717, 1.165) is 23.7 Å². The minimum atomic E-state index is -0.674. The molecule has 1 aromatic rings. The fourth-order valence-electron chi connectivity index (χ4n) is 1.61. The highest BCUT2D eigenvalue weighted by Gasteiger charge is 2.40. The van der Waals surface area contributed by atoms with Crippen molar-refractivity contribution in [2.45, 2.75) is 24.8 Å². The second kappa shape index (κ2) is 4.35. The second-order valence-electron chi connectivity index (χ2n) is 4.09. The molecule has 86 valence electrons. The van der Waals surface area contributed by atoms with Crippen molar-refractivity contribution >= 4 is 39.1 Å². The summed E-state index contributed by atoms with van der Waals surface area (Å²) in [5.74, 6) is -0.118. The Labute approximate surface area is 107 Å². The maximum atomic E-state index is 11.8. The highest BCUT2D eigenvalue weighted by molar-refractivity contribution is 9.10. The van der Waals surface area contributed by atoms with Crippen molar-refractivity contribution in [3.8, 4) is 0 Å². The molecule has 1 aromatic carbocycles. The minimum Gasteiger partial charge on any atom is -0.324 e. The van der Waals surface area contributed by atoms with Crippen LogP contribution in [0.1, 0.15) is 19.3 Å². The molecule has 0 unspecified atom stereocenters. The molecule has 0 heterocycles. The van der Waals surface area contributed by atoms with Crippen LogP contribution in [0, 0.1) is 0 Å². The number of benzene rings is 1. The summed E-state index contributed by atoms with van der Waals surface area (Å²) < 4.78 is 0.756. The molecule has 2 rings (SSSR count). The van der Waals surface area contributed by atoms with Gasteiger partial charge in [-0.1, -0.05) is 11.6 Å². The topological polar surface area (TPSA) is 55.1 Å². The van der Waals surface area contributed by atoms with Crippen LogP contribution in [0.2, 0.25) is 5.02 Å². The molecule has 0 radical (unpaired) electrons. The number of carbonyl (C=O) groups is 1. The Morgan fingerprint density at radius 2 is 2.19 bits per heavy atom. The number of nitrogens with one attached hydrogen (secondary N) is 1. The van der Waals surface area contributed by atoms with Gasteiger partial charge in [0.15, 0.2) is 0 Å². The number of anilines is 1. The summed E-state index contributed by atoms with van der Waals surface area (Å²) >= 11 is 9.16. The molecule has 0 spiro atoms. The second-order valence-corrected chi connectivity index (χ2v) is 5.35. The molecule has 0 bridgehead atoms. The number of amides is 1. The van der Waals surface area contributed by atoms with Crippen LogP contribution in [0.3, 0.4) is 0 Å². The largest absolute Gasteiger partial charge is 0.324 e. The lowest BCUT2D eigenvalue weighted by Gasteiger charge is -2.36. The summed E-state index contributed by atoms with van der Waals surface area (Å²) in [5.41, 5.74) is 5.94. The molecule has 1 aliphatic rings. The van der Waals surface area contributed by atoms with E-state index in [1.807, 2.05) is 0 Å². The first-order valence-corrected chi connectivity index (χ1v) is 6.24. The van der Waals surface area contributed by atoms with Crippen LogP contribution >= 0.6 is 27.5 Å². The first-order chi connectivity index (χ1) is 7.51. The van der Waals surface area contributed by atoms with Gasteiger partial charge in [-0.05, 0) is 53.4 Å².